The van der Waals surface area contributed by atoms with E-state index in [0.29, 0.717) is 22.0 Å². The van der Waals surface area contributed by atoms with E-state index in [1.165, 1.54) is 24.3 Å². The smallest absolute Gasteiger partial charge is 0.433 e. The van der Waals surface area contributed by atoms with E-state index in [9.17, 15) is 18.3 Å². The van der Waals surface area contributed by atoms with Crippen molar-refractivity contribution in [2.24, 2.45) is 10.9 Å². The van der Waals surface area contributed by atoms with Crippen molar-refractivity contribution in [3.05, 3.63) is 88.6 Å². The molecule has 4 N–H and O–H groups in total. The van der Waals surface area contributed by atoms with Gasteiger partial charge < -0.3 is 15.7 Å². The summed E-state index contributed by atoms with van der Waals surface area (Å²) >= 11 is 5.88. The van der Waals surface area contributed by atoms with Crippen molar-refractivity contribution in [1.29, 1.82) is 0 Å². The number of rotatable bonds is 6. The Kier molecular flexibility index (Phi) is 6.70. The summed E-state index contributed by atoms with van der Waals surface area (Å²) in [7, 11) is 0. The molecule has 1 heterocycles. The van der Waals surface area contributed by atoms with Crippen molar-refractivity contribution in [3.8, 4) is 33.9 Å². The molecule has 4 aromatic rings. The van der Waals surface area contributed by atoms with Gasteiger partial charge >= 0.3 is 6.18 Å². The Balaban J connectivity index is 1.69. The van der Waals surface area contributed by atoms with Crippen molar-refractivity contribution in [2.75, 3.05) is 0 Å². The third-order valence-electron chi connectivity index (χ3n) is 5.38. The van der Waals surface area contributed by atoms with Crippen LogP contribution in [0.1, 0.15) is 23.7 Å². The Hall–Kier alpha value is -3.98. The number of aromatic hydroxyl groups is 1. The molecule has 0 fully saturated rings. The predicted octanol–water partition coefficient (Wildman–Crippen LogP) is 6.38. The lowest BCUT2D eigenvalue weighted by Gasteiger charge is -2.12. The molecule has 1 aromatic heterocycles. The number of hydrogen-bond donors (Lipinski definition) is 3. The first-order valence-corrected chi connectivity index (χ1v) is 10.8. The molecule has 0 saturated heterocycles. The minimum Gasteiger partial charge on any atom is -0.507 e. The van der Waals surface area contributed by atoms with E-state index in [4.69, 9.17) is 22.2 Å². The fourth-order valence-electron chi connectivity index (χ4n) is 3.52. The van der Waals surface area contributed by atoms with Crippen LogP contribution < -0.4 is 10.6 Å². The van der Waals surface area contributed by atoms with Gasteiger partial charge in [-0.2, -0.15) is 23.4 Å². The fraction of sp³-hybridized carbons (Fsp3) is 0.120. The van der Waals surface area contributed by atoms with Crippen LogP contribution in [0.4, 0.5) is 13.2 Å². The summed E-state index contributed by atoms with van der Waals surface area (Å²) in [5.41, 5.74) is 1.19. The molecule has 0 aliphatic heterocycles. The van der Waals surface area contributed by atoms with Crippen LogP contribution in [0.5, 0.6) is 11.5 Å². The Morgan fingerprint density at radius 3 is 2.37 bits per heavy atom. The SMILES string of the molecule is C/C(=N\N)c1ccc(-c2c(-c3ccc(OCc4ccc(Cl)cc4)cc3O)n[nH]c2C(F)(F)F)cc1. The molecule has 0 aliphatic rings. The molecule has 0 amide bonds. The number of phenols is 1. The standard InChI is InChI=1S/C25H20ClF3N4O2/c1-14(31-30)16-4-6-17(7-5-16)22-23(32-33-24(22)25(27,28)29)20-11-10-19(12-21(20)34)35-13-15-2-8-18(26)9-3-15/h2-12,34H,13,30H2,1H3,(H,32,33)/b31-14+. The Morgan fingerprint density at radius 2 is 1.77 bits per heavy atom. The van der Waals surface area contributed by atoms with Gasteiger partial charge in [0.15, 0.2) is 0 Å². The highest BCUT2D eigenvalue weighted by Gasteiger charge is 2.38. The maximum atomic E-state index is 13.8. The number of phenolic OH excluding ortho intramolecular Hbond substituents is 1. The summed E-state index contributed by atoms with van der Waals surface area (Å²) in [5.74, 6) is 5.36. The number of ether oxygens (including phenoxy) is 1. The van der Waals surface area contributed by atoms with Crippen LogP contribution in [0.3, 0.4) is 0 Å². The summed E-state index contributed by atoms with van der Waals surface area (Å²) < 4.78 is 47.0. The number of alkyl halides is 3. The summed E-state index contributed by atoms with van der Waals surface area (Å²) in [4.78, 5) is 0. The van der Waals surface area contributed by atoms with E-state index in [-0.39, 0.29) is 34.7 Å². The Bertz CT molecular complexity index is 1370. The molecular formula is C25H20ClF3N4O2. The highest BCUT2D eigenvalue weighted by molar-refractivity contribution is 6.30. The number of hydrazone groups is 1. The zero-order valence-corrected chi connectivity index (χ0v) is 19.2. The van der Waals surface area contributed by atoms with E-state index >= 15 is 0 Å². The van der Waals surface area contributed by atoms with Crippen molar-refractivity contribution in [1.82, 2.24) is 10.2 Å². The van der Waals surface area contributed by atoms with E-state index in [0.717, 1.165) is 5.56 Å². The van der Waals surface area contributed by atoms with Crippen molar-refractivity contribution in [3.63, 3.8) is 0 Å². The third-order valence-corrected chi connectivity index (χ3v) is 5.63. The molecule has 0 atom stereocenters. The molecule has 0 unspecified atom stereocenters. The molecule has 180 valence electrons. The van der Waals surface area contributed by atoms with E-state index in [1.807, 2.05) is 0 Å². The second kappa shape index (κ2) is 9.71. The largest absolute Gasteiger partial charge is 0.507 e. The van der Waals surface area contributed by atoms with Crippen LogP contribution in [0, 0.1) is 0 Å². The summed E-state index contributed by atoms with van der Waals surface area (Å²) in [6, 6.07) is 17.7. The minimum absolute atomic E-state index is 0.0453. The number of nitrogens with one attached hydrogen (secondary N) is 1. The number of H-pyrrole nitrogens is 1. The van der Waals surface area contributed by atoms with Crippen molar-refractivity contribution >= 4 is 17.3 Å². The average Bonchev–Trinajstić information content (AvgIpc) is 3.29. The monoisotopic (exact) mass is 500 g/mol. The van der Waals surface area contributed by atoms with Crippen LogP contribution in [-0.2, 0) is 12.8 Å². The topological polar surface area (TPSA) is 96.5 Å². The number of aromatic nitrogens is 2. The van der Waals surface area contributed by atoms with Crippen LogP contribution in [0.2, 0.25) is 5.02 Å². The number of nitrogens with zero attached hydrogens (tertiary/aromatic N) is 2. The van der Waals surface area contributed by atoms with Crippen molar-refractivity contribution < 1.29 is 23.0 Å². The molecule has 0 spiro atoms. The summed E-state index contributed by atoms with van der Waals surface area (Å²) in [6.07, 6.45) is -4.69. The van der Waals surface area contributed by atoms with Gasteiger partial charge in [-0.15, -0.1) is 0 Å². The van der Waals surface area contributed by atoms with Gasteiger partial charge in [0, 0.05) is 22.2 Å². The zero-order chi connectivity index (χ0) is 25.2. The molecule has 6 nitrogen and oxygen atoms in total. The summed E-state index contributed by atoms with van der Waals surface area (Å²) in [5, 5.41) is 20.8. The Morgan fingerprint density at radius 1 is 1.09 bits per heavy atom. The normalized spacial score (nSPS) is 12.1. The van der Waals surface area contributed by atoms with Crippen LogP contribution in [-0.4, -0.2) is 21.0 Å². The molecular weight excluding hydrogens is 481 g/mol. The lowest BCUT2D eigenvalue weighted by atomic mass is 9.96. The van der Waals surface area contributed by atoms with Gasteiger partial charge in [0.05, 0.1) is 5.71 Å². The molecule has 0 saturated carbocycles. The summed E-state index contributed by atoms with van der Waals surface area (Å²) in [6.45, 7) is 1.91. The fourth-order valence-corrected chi connectivity index (χ4v) is 3.65. The lowest BCUT2D eigenvalue weighted by Crippen LogP contribution is -2.07. The molecule has 10 heteroatoms. The average molecular weight is 501 g/mol. The van der Waals surface area contributed by atoms with E-state index in [1.54, 1.807) is 49.4 Å². The van der Waals surface area contributed by atoms with Gasteiger partial charge in [-0.05, 0) is 47.9 Å². The van der Waals surface area contributed by atoms with E-state index in [2.05, 4.69) is 15.3 Å². The van der Waals surface area contributed by atoms with Gasteiger partial charge in [0.1, 0.15) is 29.5 Å². The molecule has 3 aromatic carbocycles. The molecule has 4 rings (SSSR count). The highest BCUT2D eigenvalue weighted by Crippen LogP contribution is 2.43. The first kappa shape index (κ1) is 24.2. The number of benzene rings is 3. The van der Waals surface area contributed by atoms with Crippen LogP contribution >= 0.6 is 11.6 Å². The highest BCUT2D eigenvalue weighted by atomic mass is 35.5. The van der Waals surface area contributed by atoms with Crippen LogP contribution in [0.25, 0.3) is 22.4 Å². The maximum Gasteiger partial charge on any atom is 0.433 e. The quantitative estimate of drug-likeness (QED) is 0.162. The molecule has 0 aliphatic carbocycles. The molecule has 35 heavy (non-hydrogen) atoms. The van der Waals surface area contributed by atoms with E-state index < -0.39 is 11.9 Å². The lowest BCUT2D eigenvalue weighted by molar-refractivity contribution is -0.140. The second-order valence-corrected chi connectivity index (χ2v) is 8.14. The second-order valence-electron chi connectivity index (χ2n) is 7.71. The van der Waals surface area contributed by atoms with Gasteiger partial charge in [-0.3, -0.25) is 5.10 Å². The number of halogens is 4. The van der Waals surface area contributed by atoms with Gasteiger partial charge in [-0.25, -0.2) is 0 Å². The first-order chi connectivity index (χ1) is 16.7. The zero-order valence-electron chi connectivity index (χ0n) is 18.4. The number of aromatic amines is 1. The van der Waals surface area contributed by atoms with Crippen molar-refractivity contribution in [2.45, 2.75) is 19.7 Å². The van der Waals surface area contributed by atoms with Gasteiger partial charge in [0.25, 0.3) is 0 Å². The van der Waals surface area contributed by atoms with Crippen LogP contribution in [0.15, 0.2) is 71.8 Å². The minimum atomic E-state index is -4.69. The number of hydrogen-bond acceptors (Lipinski definition) is 5. The van der Waals surface area contributed by atoms with Gasteiger partial charge in [0.2, 0.25) is 0 Å². The predicted molar refractivity (Wildman–Crippen MR) is 128 cm³/mol. The molecule has 0 radical (unpaired) electrons. The Labute approximate surface area is 203 Å². The maximum absolute atomic E-state index is 13.8. The number of nitrogens with two attached hydrogens (primary N) is 1. The first-order valence-electron chi connectivity index (χ1n) is 10.4. The third kappa shape index (κ3) is 5.25. The molecule has 0 bridgehead atoms. The van der Waals surface area contributed by atoms with Gasteiger partial charge in [-0.1, -0.05) is 48.0 Å².